The standard InChI is InChI=1S/C19H20ClF2N3O/c20-17-5-2-6-18(22)16(17)12-24-7-9-25(10-8-24)13-19(26)23-15-4-1-3-14(21)11-15/h1-6,11H,7-10,12-13H2,(H,23,26)/p+2. The molecule has 2 aromatic rings. The number of hydrogen-bond donors (Lipinski definition) is 3. The van der Waals surface area contributed by atoms with Crippen molar-refractivity contribution in [1.29, 1.82) is 0 Å². The van der Waals surface area contributed by atoms with E-state index in [4.69, 9.17) is 11.6 Å². The van der Waals surface area contributed by atoms with Gasteiger partial charge in [0.05, 0.1) is 10.6 Å². The van der Waals surface area contributed by atoms with Gasteiger partial charge in [-0.2, -0.15) is 0 Å². The van der Waals surface area contributed by atoms with Gasteiger partial charge in [0.15, 0.2) is 6.54 Å². The van der Waals surface area contributed by atoms with Gasteiger partial charge in [0.2, 0.25) is 0 Å². The van der Waals surface area contributed by atoms with E-state index in [1.807, 2.05) is 0 Å². The summed E-state index contributed by atoms with van der Waals surface area (Å²) in [5.74, 6) is -0.778. The Hall–Kier alpha value is -2.02. The molecule has 1 aliphatic heterocycles. The van der Waals surface area contributed by atoms with Gasteiger partial charge in [-0.3, -0.25) is 4.79 Å². The molecule has 1 amide bonds. The van der Waals surface area contributed by atoms with Crippen molar-refractivity contribution in [3.63, 3.8) is 0 Å². The predicted octanol–water partition coefficient (Wildman–Crippen LogP) is 0.540. The zero-order chi connectivity index (χ0) is 18.5. The lowest BCUT2D eigenvalue weighted by Crippen LogP contribution is -3.28. The van der Waals surface area contributed by atoms with Crippen molar-refractivity contribution < 1.29 is 23.4 Å². The van der Waals surface area contributed by atoms with Crippen molar-refractivity contribution in [1.82, 2.24) is 0 Å². The van der Waals surface area contributed by atoms with Gasteiger partial charge in [-0.15, -0.1) is 0 Å². The third-order valence-electron chi connectivity index (χ3n) is 4.67. The minimum Gasteiger partial charge on any atom is -0.322 e. The first kappa shape index (κ1) is 18.8. The van der Waals surface area contributed by atoms with Crippen LogP contribution in [-0.4, -0.2) is 38.6 Å². The summed E-state index contributed by atoms with van der Waals surface area (Å²) in [7, 11) is 0. The maximum absolute atomic E-state index is 13.9. The van der Waals surface area contributed by atoms with E-state index >= 15 is 0 Å². The average molecular weight is 382 g/mol. The summed E-state index contributed by atoms with van der Waals surface area (Å²) in [5.41, 5.74) is 1.02. The Morgan fingerprint density at radius 3 is 2.42 bits per heavy atom. The maximum Gasteiger partial charge on any atom is 0.279 e. The lowest BCUT2D eigenvalue weighted by molar-refractivity contribution is -1.02. The van der Waals surface area contributed by atoms with Crippen molar-refractivity contribution in [2.75, 3.05) is 38.0 Å². The molecule has 0 unspecified atom stereocenters. The van der Waals surface area contributed by atoms with Gasteiger partial charge in [0, 0.05) is 5.69 Å². The third kappa shape index (κ3) is 5.00. The van der Waals surface area contributed by atoms with Gasteiger partial charge in [-0.25, -0.2) is 8.78 Å². The number of rotatable bonds is 5. The molecule has 138 valence electrons. The highest BCUT2D eigenvalue weighted by Crippen LogP contribution is 2.17. The van der Waals surface area contributed by atoms with Crippen LogP contribution in [0.5, 0.6) is 0 Å². The van der Waals surface area contributed by atoms with E-state index in [0.717, 1.165) is 26.2 Å². The average Bonchev–Trinajstić information content (AvgIpc) is 2.60. The van der Waals surface area contributed by atoms with Crippen LogP contribution in [0, 0.1) is 11.6 Å². The van der Waals surface area contributed by atoms with Crippen LogP contribution in [0.15, 0.2) is 42.5 Å². The predicted molar refractivity (Wildman–Crippen MR) is 96.4 cm³/mol. The molecular formula is C19H22ClF2N3O+2. The molecule has 3 N–H and O–H groups in total. The van der Waals surface area contributed by atoms with Crippen LogP contribution in [0.3, 0.4) is 0 Å². The Kier molecular flexibility index (Phi) is 6.19. The molecule has 0 aliphatic carbocycles. The molecule has 2 aromatic carbocycles. The van der Waals surface area contributed by atoms with E-state index in [1.54, 1.807) is 24.3 Å². The van der Waals surface area contributed by atoms with E-state index < -0.39 is 0 Å². The molecule has 0 radical (unpaired) electrons. The summed E-state index contributed by atoms with van der Waals surface area (Å²) in [6.45, 7) is 4.20. The van der Waals surface area contributed by atoms with Crippen LogP contribution in [-0.2, 0) is 11.3 Å². The molecule has 7 heteroatoms. The number of benzene rings is 2. The van der Waals surface area contributed by atoms with Crippen molar-refractivity contribution in [2.45, 2.75) is 6.54 Å². The largest absolute Gasteiger partial charge is 0.322 e. The van der Waals surface area contributed by atoms with E-state index in [2.05, 4.69) is 5.32 Å². The van der Waals surface area contributed by atoms with Crippen LogP contribution >= 0.6 is 11.6 Å². The second-order valence-corrected chi connectivity index (χ2v) is 7.02. The number of hydrogen-bond acceptors (Lipinski definition) is 1. The first-order valence-corrected chi connectivity index (χ1v) is 9.04. The number of quaternary nitrogens is 2. The molecule has 1 saturated heterocycles. The zero-order valence-corrected chi connectivity index (χ0v) is 15.1. The molecule has 1 fully saturated rings. The second-order valence-electron chi connectivity index (χ2n) is 6.61. The topological polar surface area (TPSA) is 38.0 Å². The molecule has 26 heavy (non-hydrogen) atoms. The van der Waals surface area contributed by atoms with Crippen LogP contribution in [0.2, 0.25) is 5.02 Å². The summed E-state index contributed by atoms with van der Waals surface area (Å²) in [5, 5.41) is 3.18. The molecular weight excluding hydrogens is 360 g/mol. The Labute approximate surface area is 156 Å². The van der Waals surface area contributed by atoms with Gasteiger partial charge in [-0.1, -0.05) is 23.7 Å². The first-order valence-electron chi connectivity index (χ1n) is 8.66. The Morgan fingerprint density at radius 1 is 1.04 bits per heavy atom. The van der Waals surface area contributed by atoms with Crippen LogP contribution < -0.4 is 15.1 Å². The fourth-order valence-electron chi connectivity index (χ4n) is 3.26. The minimum atomic E-state index is -0.376. The lowest BCUT2D eigenvalue weighted by atomic mass is 10.2. The molecule has 0 aromatic heterocycles. The fraction of sp³-hybridized carbons (Fsp3) is 0.316. The number of nitrogens with one attached hydrogen (secondary N) is 3. The fourth-order valence-corrected chi connectivity index (χ4v) is 3.49. The summed E-state index contributed by atoms with van der Waals surface area (Å²) in [6.07, 6.45) is 0. The smallest absolute Gasteiger partial charge is 0.279 e. The first-order chi connectivity index (χ1) is 12.5. The van der Waals surface area contributed by atoms with Crippen LogP contribution in [0.4, 0.5) is 14.5 Å². The van der Waals surface area contributed by atoms with Crippen LogP contribution in [0.25, 0.3) is 0 Å². The van der Waals surface area contributed by atoms with Crippen molar-refractivity contribution in [3.8, 4) is 0 Å². The summed E-state index contributed by atoms with van der Waals surface area (Å²) in [4.78, 5) is 14.6. The number of halogens is 3. The SMILES string of the molecule is O=C(C[NH+]1CC[NH+](Cc2c(F)cccc2Cl)CC1)Nc1cccc(F)c1. The minimum absolute atomic E-state index is 0.133. The Bertz CT molecular complexity index is 759. The number of carbonyl (C=O) groups excluding carboxylic acids is 1. The number of anilines is 1. The van der Waals surface area contributed by atoms with Crippen molar-refractivity contribution >= 4 is 23.2 Å². The highest BCUT2D eigenvalue weighted by molar-refractivity contribution is 6.31. The maximum atomic E-state index is 13.9. The van der Waals surface area contributed by atoms with Gasteiger partial charge < -0.3 is 15.1 Å². The molecule has 1 aliphatic rings. The van der Waals surface area contributed by atoms with E-state index in [1.165, 1.54) is 28.0 Å². The van der Waals surface area contributed by atoms with Crippen LogP contribution in [0.1, 0.15) is 5.56 Å². The van der Waals surface area contributed by atoms with E-state index in [0.29, 0.717) is 29.4 Å². The molecule has 0 bridgehead atoms. The molecule has 4 nitrogen and oxygen atoms in total. The number of piperazine rings is 1. The quantitative estimate of drug-likeness (QED) is 0.695. The molecule has 3 rings (SSSR count). The highest BCUT2D eigenvalue weighted by Gasteiger charge is 2.26. The number of amides is 1. The molecule has 1 heterocycles. The Balaban J connectivity index is 1.47. The van der Waals surface area contributed by atoms with Gasteiger partial charge in [-0.05, 0) is 30.3 Å². The molecule has 0 saturated carbocycles. The van der Waals surface area contributed by atoms with Crippen molar-refractivity contribution in [2.24, 2.45) is 0 Å². The molecule has 0 spiro atoms. The number of carbonyl (C=O) groups is 1. The third-order valence-corrected chi connectivity index (χ3v) is 5.03. The summed E-state index contributed by atoms with van der Waals surface area (Å²) in [6, 6.07) is 10.6. The lowest BCUT2D eigenvalue weighted by Gasteiger charge is -2.29. The van der Waals surface area contributed by atoms with Gasteiger partial charge in [0.1, 0.15) is 44.4 Å². The monoisotopic (exact) mass is 381 g/mol. The highest BCUT2D eigenvalue weighted by atomic mass is 35.5. The zero-order valence-electron chi connectivity index (χ0n) is 14.3. The van der Waals surface area contributed by atoms with Gasteiger partial charge in [0.25, 0.3) is 5.91 Å². The van der Waals surface area contributed by atoms with E-state index in [-0.39, 0.29) is 17.5 Å². The summed E-state index contributed by atoms with van der Waals surface area (Å²) >= 11 is 6.10. The van der Waals surface area contributed by atoms with Crippen molar-refractivity contribution in [3.05, 3.63) is 64.7 Å². The second kappa shape index (κ2) is 8.58. The molecule has 0 atom stereocenters. The van der Waals surface area contributed by atoms with Gasteiger partial charge >= 0.3 is 0 Å². The Morgan fingerprint density at radius 2 is 1.73 bits per heavy atom. The summed E-state index contributed by atoms with van der Waals surface area (Å²) < 4.78 is 27.1. The van der Waals surface area contributed by atoms with E-state index in [9.17, 15) is 13.6 Å². The normalized spacial score (nSPS) is 20.0.